The van der Waals surface area contributed by atoms with Crippen LogP contribution in [-0.4, -0.2) is 147 Å². The fourth-order valence-electron chi connectivity index (χ4n) is 10.4. The lowest BCUT2D eigenvalue weighted by Crippen LogP contribution is -2.41. The largest absolute Gasteiger partial charge is 0.465 e. The first-order valence-corrected chi connectivity index (χ1v) is 33.8. The number of nitrogens with zero attached hydrogens (tertiary/aromatic N) is 4. The molecule has 13 heteroatoms. The number of unbranched alkanes of at least 4 members (excludes halogenated alkanes) is 23. The molecule has 0 fully saturated rings. The zero-order valence-corrected chi connectivity index (χ0v) is 53.1. The first-order valence-electron chi connectivity index (χ1n) is 33.8. The minimum absolute atomic E-state index is 0.104. The summed E-state index contributed by atoms with van der Waals surface area (Å²) in [6, 6.07) is 0. The molecule has 0 saturated heterocycles. The number of aliphatic hydroxyl groups excluding tert-OH is 1. The van der Waals surface area contributed by atoms with Gasteiger partial charge in [0.2, 0.25) is 0 Å². The highest BCUT2D eigenvalue weighted by Gasteiger charge is 2.20. The third kappa shape index (κ3) is 48.6. The van der Waals surface area contributed by atoms with E-state index in [2.05, 4.69) is 58.3 Å². The van der Waals surface area contributed by atoms with E-state index in [-0.39, 0.29) is 43.9 Å². The monoisotopic (exact) mass is 1120 g/mol. The molecule has 0 radical (unpaired) electrons. The van der Waals surface area contributed by atoms with Crippen molar-refractivity contribution in [3.05, 3.63) is 0 Å². The smallest absolute Gasteiger partial charge is 0.409 e. The maximum atomic E-state index is 13.8. The normalized spacial score (nSPS) is 11.6. The Bertz CT molecular complexity index is 1250. The van der Waals surface area contributed by atoms with E-state index in [0.717, 1.165) is 129 Å². The van der Waals surface area contributed by atoms with Crippen molar-refractivity contribution in [3.63, 3.8) is 0 Å². The Balaban J connectivity index is 5.60. The average Bonchev–Trinajstić information content (AvgIpc) is 3.44. The van der Waals surface area contributed by atoms with Crippen molar-refractivity contribution in [1.29, 1.82) is 0 Å². The lowest BCUT2D eigenvalue weighted by molar-refractivity contribution is -0.146. The molecule has 468 valence electrons. The molecule has 0 aliphatic rings. The van der Waals surface area contributed by atoms with Crippen LogP contribution in [0.1, 0.15) is 292 Å². The van der Waals surface area contributed by atoms with Crippen molar-refractivity contribution in [2.75, 3.05) is 98.5 Å². The quantitative estimate of drug-likeness (QED) is 0.0354. The highest BCUT2D eigenvalue weighted by Crippen LogP contribution is 2.21. The third-order valence-corrected chi connectivity index (χ3v) is 15.8. The van der Waals surface area contributed by atoms with E-state index in [1.807, 2.05) is 9.80 Å². The van der Waals surface area contributed by atoms with Gasteiger partial charge in [0.1, 0.15) is 13.2 Å². The van der Waals surface area contributed by atoms with Crippen LogP contribution in [-0.2, 0) is 28.5 Å². The Morgan fingerprint density at radius 2 is 0.646 bits per heavy atom. The topological polar surface area (TPSA) is 138 Å². The van der Waals surface area contributed by atoms with E-state index in [9.17, 15) is 24.3 Å². The van der Waals surface area contributed by atoms with Crippen molar-refractivity contribution in [3.8, 4) is 0 Å². The zero-order valence-electron chi connectivity index (χ0n) is 53.1. The number of carbonyl (C=O) groups is 4. The van der Waals surface area contributed by atoms with E-state index in [1.54, 1.807) is 0 Å². The highest BCUT2D eigenvalue weighted by atomic mass is 16.6. The molecule has 0 atom stereocenters. The summed E-state index contributed by atoms with van der Waals surface area (Å²) in [7, 11) is 0. The Kier molecular flexibility index (Phi) is 56.6. The fourth-order valence-corrected chi connectivity index (χ4v) is 10.4. The van der Waals surface area contributed by atoms with Crippen LogP contribution < -0.4 is 0 Å². The van der Waals surface area contributed by atoms with Gasteiger partial charge in [-0.1, -0.05) is 203 Å². The summed E-state index contributed by atoms with van der Waals surface area (Å²) < 4.78 is 23.7. The number of amides is 2. The molecule has 0 rings (SSSR count). The molecule has 1 N–H and O–H groups in total. The van der Waals surface area contributed by atoms with Gasteiger partial charge in [0.25, 0.3) is 0 Å². The van der Waals surface area contributed by atoms with Crippen molar-refractivity contribution >= 4 is 24.1 Å². The summed E-state index contributed by atoms with van der Waals surface area (Å²) in [5.74, 6) is 0.705. The maximum Gasteiger partial charge on any atom is 0.409 e. The second kappa shape index (κ2) is 58.6. The Morgan fingerprint density at radius 1 is 0.329 bits per heavy atom. The van der Waals surface area contributed by atoms with Crippen LogP contribution in [0.2, 0.25) is 0 Å². The zero-order chi connectivity index (χ0) is 58.1. The van der Waals surface area contributed by atoms with Gasteiger partial charge in [-0.2, -0.15) is 0 Å². The summed E-state index contributed by atoms with van der Waals surface area (Å²) in [4.78, 5) is 61.5. The Labute approximate surface area is 487 Å². The molecule has 0 aliphatic carbocycles. The lowest BCUT2D eigenvalue weighted by atomic mass is 9.96. The number of esters is 2. The molecular formula is C66H130N4O9. The first kappa shape index (κ1) is 76.4. The fraction of sp³-hybridized carbons (Fsp3) is 0.939. The number of likely N-dealkylation sites (N-methyl/N-ethyl adjacent to an activating group) is 1. The van der Waals surface area contributed by atoms with E-state index in [1.165, 1.54) is 128 Å². The number of hydrogen-bond donors (Lipinski definition) is 1. The van der Waals surface area contributed by atoms with Crippen molar-refractivity contribution < 1.29 is 43.2 Å². The van der Waals surface area contributed by atoms with Gasteiger partial charge in [0.05, 0.1) is 13.2 Å². The Hall–Kier alpha value is -2.64. The second-order valence-electron chi connectivity index (χ2n) is 23.1. The van der Waals surface area contributed by atoms with E-state index in [4.69, 9.17) is 18.9 Å². The standard InChI is InChI=1S/C66H130N4O9/c1-8-15-21-23-25-35-48-69(50-37-27-33-45-63(72)78-59-61(41-29-17-10-3)42-30-18-11-4)65(74)76-57-54-68(53-52-67(14-7)47-39-40-56-71)55-58-77-66(75)70(49-36-26-24-22-16-9-2)51-38-28-34-46-64(73)79-60-62(43-31-19-12-5)44-32-20-13-6/h61-62,71H,8-60H2,1-7H3. The number of ether oxygens (including phenoxy) is 4. The molecular weight excluding hydrogens is 993 g/mol. The van der Waals surface area contributed by atoms with Crippen molar-refractivity contribution in [2.45, 2.75) is 292 Å². The van der Waals surface area contributed by atoms with Crippen LogP contribution in [0.3, 0.4) is 0 Å². The minimum atomic E-state index is -0.290. The minimum Gasteiger partial charge on any atom is -0.465 e. The maximum absolute atomic E-state index is 13.8. The predicted molar refractivity (Wildman–Crippen MR) is 330 cm³/mol. The number of carbonyl (C=O) groups excluding carboxylic acids is 4. The van der Waals surface area contributed by atoms with Gasteiger partial charge in [0.15, 0.2) is 0 Å². The van der Waals surface area contributed by atoms with Crippen molar-refractivity contribution in [1.82, 2.24) is 19.6 Å². The Morgan fingerprint density at radius 3 is 1.00 bits per heavy atom. The summed E-state index contributed by atoms with van der Waals surface area (Å²) in [5, 5.41) is 9.42. The molecule has 2 amide bonds. The molecule has 13 nitrogen and oxygen atoms in total. The predicted octanol–water partition coefficient (Wildman–Crippen LogP) is 16.7. The third-order valence-electron chi connectivity index (χ3n) is 15.8. The molecule has 0 aromatic carbocycles. The first-order chi connectivity index (χ1) is 38.6. The molecule has 0 spiro atoms. The number of aliphatic hydroxyl groups is 1. The van der Waals surface area contributed by atoms with Crippen LogP contribution in [0.5, 0.6) is 0 Å². The van der Waals surface area contributed by atoms with E-state index < -0.39 is 0 Å². The highest BCUT2D eigenvalue weighted by molar-refractivity contribution is 5.70. The molecule has 0 saturated carbocycles. The molecule has 0 unspecified atom stereocenters. The summed E-state index contributed by atoms with van der Waals surface area (Å²) in [6.45, 7) is 24.1. The summed E-state index contributed by atoms with van der Waals surface area (Å²) >= 11 is 0. The molecule has 0 aromatic rings. The van der Waals surface area contributed by atoms with Gasteiger partial charge in [-0.05, 0) is 102 Å². The average molecular weight is 1120 g/mol. The van der Waals surface area contributed by atoms with Gasteiger partial charge in [-0.3, -0.25) is 14.5 Å². The van der Waals surface area contributed by atoms with Gasteiger partial charge < -0.3 is 38.8 Å². The van der Waals surface area contributed by atoms with Crippen LogP contribution in [0.25, 0.3) is 0 Å². The molecule has 0 bridgehead atoms. The second-order valence-corrected chi connectivity index (χ2v) is 23.1. The molecule has 0 aromatic heterocycles. The number of hydrogen-bond acceptors (Lipinski definition) is 11. The van der Waals surface area contributed by atoms with Gasteiger partial charge >= 0.3 is 24.1 Å². The van der Waals surface area contributed by atoms with Crippen LogP contribution in [0.4, 0.5) is 9.59 Å². The summed E-state index contributed by atoms with van der Waals surface area (Å²) in [6.07, 6.45) is 39.4. The van der Waals surface area contributed by atoms with Crippen molar-refractivity contribution in [2.24, 2.45) is 11.8 Å². The van der Waals surface area contributed by atoms with Crippen LogP contribution in [0, 0.1) is 11.8 Å². The van der Waals surface area contributed by atoms with E-state index >= 15 is 0 Å². The van der Waals surface area contributed by atoms with Gasteiger partial charge in [-0.25, -0.2) is 9.59 Å². The SMILES string of the molecule is CCCCCCCCN(CCCCCC(=O)OCC(CCCCC)CCCCC)C(=O)OCCN(CCOC(=O)N(CCCCCCCC)CCCCCC(=O)OCC(CCCCC)CCCCC)CCN(CC)CCCCO. The van der Waals surface area contributed by atoms with Crippen LogP contribution in [0.15, 0.2) is 0 Å². The lowest BCUT2D eigenvalue weighted by Gasteiger charge is -2.28. The van der Waals surface area contributed by atoms with Crippen LogP contribution >= 0.6 is 0 Å². The number of rotatable bonds is 60. The molecule has 79 heavy (non-hydrogen) atoms. The van der Waals surface area contributed by atoms with Gasteiger partial charge in [-0.15, -0.1) is 0 Å². The molecule has 0 heterocycles. The summed E-state index contributed by atoms with van der Waals surface area (Å²) in [5.41, 5.74) is 0. The van der Waals surface area contributed by atoms with Gasteiger partial charge in [0, 0.05) is 71.8 Å². The van der Waals surface area contributed by atoms with E-state index in [0.29, 0.717) is 77.2 Å². The molecule has 0 aliphatic heterocycles.